The first-order valence-corrected chi connectivity index (χ1v) is 19.7. The van der Waals surface area contributed by atoms with Crippen molar-refractivity contribution in [2.75, 3.05) is 13.2 Å². The van der Waals surface area contributed by atoms with Gasteiger partial charge >= 0.3 is 41.8 Å². The third-order valence-electron chi connectivity index (χ3n) is 5.89. The quantitative estimate of drug-likeness (QED) is 0.173. The molecule has 0 saturated carbocycles. The molecule has 270 valence electrons. The van der Waals surface area contributed by atoms with Crippen LogP contribution in [0.4, 0.5) is 0 Å². The van der Waals surface area contributed by atoms with Gasteiger partial charge in [-0.2, -0.15) is 0 Å². The maximum Gasteiger partial charge on any atom is 0.305 e. The molecule has 4 unspecified atom stereocenters. The van der Waals surface area contributed by atoms with Crippen molar-refractivity contribution in [1.29, 1.82) is 0 Å². The summed E-state index contributed by atoms with van der Waals surface area (Å²) in [6.45, 7) is 6.09. The predicted octanol–water partition coefficient (Wildman–Crippen LogP) is 0.988. The van der Waals surface area contributed by atoms with Crippen molar-refractivity contribution in [2.24, 2.45) is 0 Å². The van der Waals surface area contributed by atoms with Gasteiger partial charge in [0.1, 0.15) is 37.6 Å². The molecule has 10 atom stereocenters. The summed E-state index contributed by atoms with van der Waals surface area (Å²) in [4.78, 5) is 83.3. The average molecular weight is 1020 g/mol. The second kappa shape index (κ2) is 22.1. The molecule has 2 aliphatic rings. The molecule has 0 bridgehead atoms. The topological polar surface area (TPSA) is 232 Å². The lowest BCUT2D eigenvalue weighted by Crippen LogP contribution is -2.67. The number of hydrogen-bond acceptors (Lipinski definition) is 18. The Labute approximate surface area is 310 Å². The Morgan fingerprint density at radius 1 is 0.511 bits per heavy atom. The highest BCUT2D eigenvalue weighted by Gasteiger charge is 2.57. The molecule has 0 aromatic rings. The normalized spacial score (nSPS) is 29.6. The minimum absolute atomic E-state index is 0. The van der Waals surface area contributed by atoms with Crippen LogP contribution < -0.4 is 0 Å². The highest BCUT2D eigenvalue weighted by molar-refractivity contribution is 15.0. The van der Waals surface area contributed by atoms with Gasteiger partial charge < -0.3 is 52.5 Å². The summed E-state index contributed by atoms with van der Waals surface area (Å²) >= 11 is 4.24. The number of rotatable bonds is 11. The van der Waals surface area contributed by atoms with Crippen molar-refractivity contribution >= 4 is 103 Å². The van der Waals surface area contributed by atoms with Crippen molar-refractivity contribution in [3.63, 3.8) is 0 Å². The first-order chi connectivity index (χ1) is 21.5. The van der Waals surface area contributed by atoms with Crippen LogP contribution in [0.15, 0.2) is 0 Å². The lowest BCUT2D eigenvalue weighted by atomic mass is 9.96. The number of carbonyl (C=O) groups is 7. The Hall–Kier alpha value is -1.68. The molecule has 47 heavy (non-hydrogen) atoms. The molecule has 0 radical (unpaired) electrons. The molecule has 2 aliphatic heterocycles. The molecule has 2 rings (SSSR count). The molecule has 21 heteroatoms. The van der Waals surface area contributed by atoms with Gasteiger partial charge in [0.2, 0.25) is 12.4 Å². The molecule has 0 amide bonds. The van der Waals surface area contributed by atoms with E-state index in [-0.39, 0.29) is 24.0 Å². The fourth-order valence-corrected chi connectivity index (χ4v) is 4.41. The van der Waals surface area contributed by atoms with E-state index in [4.69, 9.17) is 47.4 Å². The zero-order valence-electron chi connectivity index (χ0n) is 26.2. The maximum atomic E-state index is 12.2. The summed E-state index contributed by atoms with van der Waals surface area (Å²) in [5.41, 5.74) is 0. The summed E-state index contributed by atoms with van der Waals surface area (Å²) in [7, 11) is 0. The smallest absolute Gasteiger partial charge is 0.305 e. The van der Waals surface area contributed by atoms with Gasteiger partial charge in [0, 0.05) is 85.7 Å². The first kappa shape index (κ1) is 45.3. The Morgan fingerprint density at radius 3 is 1.30 bits per heavy atom. The van der Waals surface area contributed by atoms with Crippen molar-refractivity contribution in [3.8, 4) is 0 Å². The Kier molecular flexibility index (Phi) is 21.3. The van der Waals surface area contributed by atoms with Gasteiger partial charge in [0.25, 0.3) is 0 Å². The molecule has 0 aromatic carbocycles. The van der Waals surface area contributed by atoms with Crippen LogP contribution in [0.2, 0.25) is 0 Å². The summed E-state index contributed by atoms with van der Waals surface area (Å²) in [6, 6.07) is 0. The van der Waals surface area contributed by atoms with Crippen molar-refractivity contribution < 1.29 is 86.0 Å². The lowest BCUT2D eigenvalue weighted by Gasteiger charge is -2.48. The van der Waals surface area contributed by atoms with Gasteiger partial charge in [-0.05, 0) is 0 Å². The number of esters is 7. The second-order valence-electron chi connectivity index (χ2n) is 9.69. The number of ether oxygens (including phenoxy) is 10. The Balaban J connectivity index is 0.00000691. The van der Waals surface area contributed by atoms with Crippen molar-refractivity contribution in [2.45, 2.75) is 110 Å². The van der Waals surface area contributed by atoms with E-state index in [0.29, 0.717) is 0 Å². The molecule has 18 nitrogen and oxygen atoms in total. The number of aliphatic hydroxyl groups excluding tert-OH is 1. The van der Waals surface area contributed by atoms with Crippen LogP contribution in [0, 0.1) is 0 Å². The average Bonchev–Trinajstić information content (AvgIpc) is 2.93. The van der Waals surface area contributed by atoms with Gasteiger partial charge in [-0.25, -0.2) is 0 Å². The Morgan fingerprint density at radius 2 is 0.872 bits per heavy atom. The van der Waals surface area contributed by atoms with Crippen LogP contribution >= 0.6 is 61.2 Å². The summed E-state index contributed by atoms with van der Waals surface area (Å²) < 4.78 is 54.1. The van der Waals surface area contributed by atoms with Crippen LogP contribution in [-0.2, 0) is 80.9 Å². The predicted molar refractivity (Wildman–Crippen MR) is 179 cm³/mol. The molecule has 0 aliphatic carbocycles. The first-order valence-electron chi connectivity index (χ1n) is 13.4. The molecule has 1 N–H and O–H groups in total. The molecular formula is C26H37I3O18. The van der Waals surface area contributed by atoms with Crippen LogP contribution in [0.1, 0.15) is 48.5 Å². The van der Waals surface area contributed by atoms with E-state index in [1.165, 1.54) is 0 Å². The number of hydrogen-bond donors (Lipinski definition) is 1. The maximum absolute atomic E-state index is 12.2. The number of halogens is 3. The third-order valence-corrected chi connectivity index (χ3v) is 5.89. The zero-order valence-corrected chi connectivity index (χ0v) is 32.9. The number of carbonyl (C=O) groups excluding carboxylic acids is 7. The largest absolute Gasteiger partial charge is 0.463 e. The third kappa shape index (κ3) is 15.2. The molecule has 0 aromatic heterocycles. The fraction of sp³-hybridized carbons (Fsp3) is 0.731. The van der Waals surface area contributed by atoms with Gasteiger partial charge in [-0.15, -0.1) is 24.0 Å². The van der Waals surface area contributed by atoms with Crippen molar-refractivity contribution in [3.05, 3.63) is 0 Å². The van der Waals surface area contributed by atoms with E-state index in [1.807, 2.05) is 0 Å². The highest BCUT2D eigenvalue weighted by atomic mass is 128. The Bertz CT molecular complexity index is 1100. The minimum Gasteiger partial charge on any atom is -0.463 e. The summed E-state index contributed by atoms with van der Waals surface area (Å²) in [5, 5.41) is 10.9. The molecule has 2 fully saturated rings. The van der Waals surface area contributed by atoms with Gasteiger partial charge in [-0.1, -0.05) is 0 Å². The van der Waals surface area contributed by atoms with Gasteiger partial charge in [-0.3, -0.25) is 33.6 Å². The standard InChI is InChI=1S/C26H36O18.I2.HI/c1-10(27)35-8-17-19(34)21(37-12(3)29)23(39-14(5)31)26(42-17)44-20-18(9-36-11(2)28)43-25(41-16(7)33)24(40-15(6)32)22(20)38-13(4)30;1-2;/h17-26,34H,8-9H2,1-7H3;;1H/t17?,18?,19-,20+,21-,22-,23?,24?,25+,26+;;/m0../s1. The monoisotopic (exact) mass is 1020 g/mol. The summed E-state index contributed by atoms with van der Waals surface area (Å²) in [5.74, 6) is -6.04. The van der Waals surface area contributed by atoms with E-state index in [1.54, 1.807) is 0 Å². The van der Waals surface area contributed by atoms with Crippen LogP contribution in [0.5, 0.6) is 0 Å². The van der Waals surface area contributed by atoms with Gasteiger partial charge in [0.15, 0.2) is 24.6 Å². The van der Waals surface area contributed by atoms with E-state index in [2.05, 4.69) is 37.2 Å². The number of aliphatic hydroxyl groups is 1. The lowest BCUT2D eigenvalue weighted by molar-refractivity contribution is -0.357. The zero-order chi connectivity index (χ0) is 35.3. The van der Waals surface area contributed by atoms with E-state index in [9.17, 15) is 38.7 Å². The van der Waals surface area contributed by atoms with Gasteiger partial charge in [0.05, 0.1) is 0 Å². The van der Waals surface area contributed by atoms with Crippen LogP contribution in [0.25, 0.3) is 0 Å². The van der Waals surface area contributed by atoms with E-state index >= 15 is 0 Å². The summed E-state index contributed by atoms with van der Waals surface area (Å²) in [6.07, 6.45) is -16.3. The van der Waals surface area contributed by atoms with Crippen molar-refractivity contribution in [1.82, 2.24) is 0 Å². The molecule has 0 spiro atoms. The second-order valence-corrected chi connectivity index (χ2v) is 9.69. The SMILES string of the molecule is CC(=O)OCC1O[C@@H](OC(C)=O)C(OC(C)=O)[C@@H](OC(C)=O)[C@@H]1O[C@H]1OC(COC(C)=O)[C@H](O)[C@H](OC(C)=O)C1OC(C)=O.I.II. The fourth-order valence-electron chi connectivity index (χ4n) is 4.41. The molecule has 2 heterocycles. The molecule has 2 saturated heterocycles. The highest BCUT2D eigenvalue weighted by Crippen LogP contribution is 2.34. The van der Waals surface area contributed by atoms with Crippen LogP contribution in [-0.4, -0.2) is 122 Å². The minimum atomic E-state index is -1.79. The van der Waals surface area contributed by atoms with E-state index in [0.717, 1.165) is 48.5 Å². The molecular weight excluding hydrogens is 981 g/mol. The van der Waals surface area contributed by atoms with Crippen LogP contribution in [0.3, 0.4) is 0 Å². The van der Waals surface area contributed by atoms with E-state index < -0.39 is 116 Å².